The van der Waals surface area contributed by atoms with Gasteiger partial charge >= 0.3 is 0 Å². The van der Waals surface area contributed by atoms with Gasteiger partial charge in [-0.15, -0.1) is 0 Å². The molecule has 1 amide bonds. The summed E-state index contributed by atoms with van der Waals surface area (Å²) in [4.78, 5) is 15.3. The van der Waals surface area contributed by atoms with Crippen molar-refractivity contribution in [1.29, 1.82) is 0 Å². The molecule has 0 saturated heterocycles. The fourth-order valence-electron chi connectivity index (χ4n) is 1.19. The highest BCUT2D eigenvalue weighted by atomic mass is 35.5. The van der Waals surface area contributed by atoms with Crippen molar-refractivity contribution in [3.05, 3.63) is 23.1 Å². The molecule has 2 N–H and O–H groups in total. The first kappa shape index (κ1) is 13.7. The number of halogens is 2. The highest BCUT2D eigenvalue weighted by Gasteiger charge is 2.14. The largest absolute Gasteiger partial charge is 0.356 e. The van der Waals surface area contributed by atoms with Crippen molar-refractivity contribution >= 4 is 23.3 Å². The van der Waals surface area contributed by atoms with Gasteiger partial charge in [-0.1, -0.05) is 18.5 Å². The van der Waals surface area contributed by atoms with Crippen LogP contribution in [0.15, 0.2) is 12.3 Å². The predicted octanol–water partition coefficient (Wildman–Crippen LogP) is 2.20. The van der Waals surface area contributed by atoms with Gasteiger partial charge in [0.1, 0.15) is 6.04 Å². The zero-order valence-corrected chi connectivity index (χ0v) is 10.5. The van der Waals surface area contributed by atoms with E-state index in [1.807, 2.05) is 6.92 Å². The summed E-state index contributed by atoms with van der Waals surface area (Å²) in [5.74, 6) is -0.746. The lowest BCUT2D eigenvalue weighted by Gasteiger charge is -2.14. The molecular weight excluding hydrogens is 245 g/mol. The molecule has 1 rings (SSSR count). The number of nitrogens with one attached hydrogen (secondary N) is 2. The lowest BCUT2D eigenvalue weighted by atomic mass is 10.3. The molecule has 1 atom stereocenters. The highest BCUT2D eigenvalue weighted by molar-refractivity contribution is 6.30. The lowest BCUT2D eigenvalue weighted by Crippen LogP contribution is -2.38. The van der Waals surface area contributed by atoms with Crippen LogP contribution < -0.4 is 10.6 Å². The first-order valence-corrected chi connectivity index (χ1v) is 5.77. The number of hydrogen-bond donors (Lipinski definition) is 2. The van der Waals surface area contributed by atoms with E-state index in [0.29, 0.717) is 6.54 Å². The Labute approximate surface area is 105 Å². The number of hydrogen-bond acceptors (Lipinski definition) is 3. The number of rotatable bonds is 5. The summed E-state index contributed by atoms with van der Waals surface area (Å²) in [7, 11) is 0. The van der Waals surface area contributed by atoms with Crippen LogP contribution in [0.3, 0.4) is 0 Å². The molecule has 0 aromatic carbocycles. The molecule has 1 heterocycles. The van der Waals surface area contributed by atoms with Crippen molar-refractivity contribution in [2.45, 2.75) is 26.3 Å². The van der Waals surface area contributed by atoms with Gasteiger partial charge in [0.05, 0.1) is 5.02 Å². The normalized spacial score (nSPS) is 12.0. The van der Waals surface area contributed by atoms with Crippen molar-refractivity contribution in [3.63, 3.8) is 0 Å². The van der Waals surface area contributed by atoms with Crippen LogP contribution >= 0.6 is 11.6 Å². The van der Waals surface area contributed by atoms with Crippen molar-refractivity contribution < 1.29 is 9.18 Å². The lowest BCUT2D eigenvalue weighted by molar-refractivity contribution is -0.121. The van der Waals surface area contributed by atoms with E-state index >= 15 is 0 Å². The van der Waals surface area contributed by atoms with Gasteiger partial charge in [-0.25, -0.2) is 9.37 Å². The molecular formula is C11H15ClFN3O. The van der Waals surface area contributed by atoms with Gasteiger partial charge in [0.15, 0.2) is 11.6 Å². The average molecular weight is 260 g/mol. The number of carbonyl (C=O) groups excluding carboxylic acids is 1. The Balaban J connectivity index is 2.61. The fraction of sp³-hybridized carbons (Fsp3) is 0.455. The average Bonchev–Trinajstić information content (AvgIpc) is 2.29. The first-order chi connectivity index (χ1) is 8.04. The maximum Gasteiger partial charge on any atom is 0.242 e. The van der Waals surface area contributed by atoms with Crippen molar-refractivity contribution in [2.24, 2.45) is 0 Å². The SMILES string of the molecule is CCCNC(=O)C(C)Nc1ncc(Cl)cc1F. The molecule has 1 aromatic rings. The van der Waals surface area contributed by atoms with Gasteiger partial charge < -0.3 is 10.6 Å². The van der Waals surface area contributed by atoms with E-state index in [2.05, 4.69) is 15.6 Å². The third-order valence-electron chi connectivity index (χ3n) is 2.10. The van der Waals surface area contributed by atoms with Crippen LogP contribution in [0.5, 0.6) is 0 Å². The molecule has 0 aliphatic heterocycles. The molecule has 1 aromatic heterocycles. The minimum atomic E-state index is -0.576. The molecule has 0 spiro atoms. The summed E-state index contributed by atoms with van der Waals surface area (Å²) in [6.45, 7) is 4.20. The molecule has 0 fully saturated rings. The highest BCUT2D eigenvalue weighted by Crippen LogP contribution is 2.16. The Morgan fingerprint density at radius 1 is 1.65 bits per heavy atom. The third-order valence-corrected chi connectivity index (χ3v) is 2.31. The first-order valence-electron chi connectivity index (χ1n) is 5.40. The van der Waals surface area contributed by atoms with Gasteiger partial charge in [0.25, 0.3) is 0 Å². The van der Waals surface area contributed by atoms with Gasteiger partial charge in [0.2, 0.25) is 5.91 Å². The van der Waals surface area contributed by atoms with Crippen molar-refractivity contribution in [1.82, 2.24) is 10.3 Å². The maximum absolute atomic E-state index is 13.4. The van der Waals surface area contributed by atoms with E-state index in [1.165, 1.54) is 6.20 Å². The van der Waals surface area contributed by atoms with Crippen LogP contribution in [0.25, 0.3) is 0 Å². The van der Waals surface area contributed by atoms with Gasteiger partial charge in [-0.3, -0.25) is 4.79 Å². The predicted molar refractivity (Wildman–Crippen MR) is 65.6 cm³/mol. The molecule has 0 radical (unpaired) electrons. The molecule has 17 heavy (non-hydrogen) atoms. The molecule has 0 saturated carbocycles. The number of pyridine rings is 1. The summed E-state index contributed by atoms with van der Waals surface area (Å²) < 4.78 is 13.4. The Bertz CT molecular complexity index is 400. The third kappa shape index (κ3) is 4.19. The van der Waals surface area contributed by atoms with E-state index in [-0.39, 0.29) is 16.7 Å². The second-order valence-corrected chi connectivity index (χ2v) is 4.08. The van der Waals surface area contributed by atoms with Gasteiger partial charge in [-0.05, 0) is 19.4 Å². The van der Waals surface area contributed by atoms with Gasteiger partial charge in [-0.2, -0.15) is 0 Å². The Kier molecular flexibility index (Phi) is 5.15. The molecule has 1 unspecified atom stereocenters. The zero-order chi connectivity index (χ0) is 12.8. The minimum absolute atomic E-state index is 0.0218. The molecule has 94 valence electrons. The van der Waals surface area contributed by atoms with E-state index in [9.17, 15) is 9.18 Å². The van der Waals surface area contributed by atoms with Gasteiger partial charge in [0, 0.05) is 12.7 Å². The Hall–Kier alpha value is -1.36. The number of aromatic nitrogens is 1. The number of anilines is 1. The zero-order valence-electron chi connectivity index (χ0n) is 9.76. The minimum Gasteiger partial charge on any atom is -0.356 e. The van der Waals surface area contributed by atoms with E-state index < -0.39 is 11.9 Å². The molecule has 0 bridgehead atoms. The summed E-state index contributed by atoms with van der Waals surface area (Å²) >= 11 is 5.58. The van der Waals surface area contributed by atoms with Crippen LogP contribution in [-0.2, 0) is 4.79 Å². The Morgan fingerprint density at radius 2 is 2.35 bits per heavy atom. The maximum atomic E-state index is 13.4. The topological polar surface area (TPSA) is 54.0 Å². The van der Waals surface area contributed by atoms with E-state index in [4.69, 9.17) is 11.6 Å². The van der Waals surface area contributed by atoms with Crippen LogP contribution in [0.2, 0.25) is 5.02 Å². The second-order valence-electron chi connectivity index (χ2n) is 3.64. The Morgan fingerprint density at radius 3 is 2.94 bits per heavy atom. The van der Waals surface area contributed by atoms with Crippen LogP contribution in [0, 0.1) is 5.82 Å². The fourth-order valence-corrected chi connectivity index (χ4v) is 1.34. The van der Waals surface area contributed by atoms with Crippen LogP contribution in [0.4, 0.5) is 10.2 Å². The van der Waals surface area contributed by atoms with E-state index in [0.717, 1.165) is 12.5 Å². The summed E-state index contributed by atoms with van der Waals surface area (Å²) in [5.41, 5.74) is 0. The monoisotopic (exact) mass is 259 g/mol. The van der Waals surface area contributed by atoms with Crippen molar-refractivity contribution in [3.8, 4) is 0 Å². The molecule has 0 aliphatic carbocycles. The number of amides is 1. The smallest absolute Gasteiger partial charge is 0.242 e. The second kappa shape index (κ2) is 6.39. The molecule has 0 aliphatic rings. The number of nitrogens with zero attached hydrogens (tertiary/aromatic N) is 1. The van der Waals surface area contributed by atoms with E-state index in [1.54, 1.807) is 6.92 Å². The summed E-state index contributed by atoms with van der Waals surface area (Å²) in [6, 6.07) is 0.595. The standard InChI is InChI=1S/C11H15ClFN3O/c1-3-4-14-11(17)7(2)16-10-9(13)5-8(12)6-15-10/h5-7H,3-4H2,1-2H3,(H,14,17)(H,15,16). The molecule has 4 nitrogen and oxygen atoms in total. The quantitative estimate of drug-likeness (QED) is 0.852. The summed E-state index contributed by atoms with van der Waals surface area (Å²) in [6.07, 6.45) is 2.18. The summed E-state index contributed by atoms with van der Waals surface area (Å²) in [5, 5.41) is 5.61. The van der Waals surface area contributed by atoms with Crippen molar-refractivity contribution in [2.75, 3.05) is 11.9 Å². The van der Waals surface area contributed by atoms with Crippen LogP contribution in [0.1, 0.15) is 20.3 Å². The van der Waals surface area contributed by atoms with Crippen LogP contribution in [-0.4, -0.2) is 23.5 Å². The number of carbonyl (C=O) groups is 1. The molecule has 6 heteroatoms.